The molecule has 166 valence electrons. The van der Waals surface area contributed by atoms with Crippen molar-refractivity contribution in [3.8, 4) is 11.5 Å². The van der Waals surface area contributed by atoms with Crippen LogP contribution in [-0.2, 0) is 6.54 Å². The smallest absolute Gasteiger partial charge is 0.329 e. The Morgan fingerprint density at radius 2 is 1.97 bits per heavy atom. The Morgan fingerprint density at radius 1 is 1.16 bits per heavy atom. The van der Waals surface area contributed by atoms with Crippen molar-refractivity contribution in [3.63, 3.8) is 0 Å². The molecule has 32 heavy (non-hydrogen) atoms. The number of hydrogen-bond donors (Lipinski definition) is 1. The molecular weight excluding hydrogens is 486 g/mol. The Bertz CT molecular complexity index is 1310. The van der Waals surface area contributed by atoms with Gasteiger partial charge in [-0.25, -0.2) is 4.79 Å². The summed E-state index contributed by atoms with van der Waals surface area (Å²) < 4.78 is 34.8. The highest BCUT2D eigenvalue weighted by Crippen LogP contribution is 2.27. The minimum absolute atomic E-state index is 0.0250. The molecule has 1 aromatic carbocycles. The molecule has 5 rings (SSSR count). The monoisotopic (exact) mass is 504 g/mol. The van der Waals surface area contributed by atoms with Gasteiger partial charge in [0.2, 0.25) is 5.89 Å². The number of nitrogens with zero attached hydrogens (tertiary/aromatic N) is 5. The lowest BCUT2D eigenvalue weighted by Crippen LogP contribution is -2.35. The number of pyridine rings is 1. The van der Waals surface area contributed by atoms with Crippen molar-refractivity contribution in [2.45, 2.75) is 31.9 Å². The van der Waals surface area contributed by atoms with E-state index >= 15 is 0 Å². The van der Waals surface area contributed by atoms with Crippen molar-refractivity contribution >= 4 is 27.0 Å². The minimum atomic E-state index is -2.83. The van der Waals surface area contributed by atoms with Crippen LogP contribution in [0.4, 0.5) is 8.78 Å². The summed E-state index contributed by atoms with van der Waals surface area (Å²) in [7, 11) is 0. The summed E-state index contributed by atoms with van der Waals surface area (Å²) in [6.45, 7) is 2.04. The van der Waals surface area contributed by atoms with Gasteiger partial charge in [0.25, 0.3) is 5.89 Å². The molecule has 1 fully saturated rings. The topological polar surface area (TPSA) is 90.8 Å². The van der Waals surface area contributed by atoms with E-state index < -0.39 is 12.3 Å². The third kappa shape index (κ3) is 3.86. The number of benzene rings is 1. The highest BCUT2D eigenvalue weighted by Gasteiger charge is 2.23. The van der Waals surface area contributed by atoms with Gasteiger partial charge in [-0.3, -0.25) is 14.1 Å². The van der Waals surface area contributed by atoms with E-state index in [-0.39, 0.29) is 24.2 Å². The van der Waals surface area contributed by atoms with Gasteiger partial charge in [0.1, 0.15) is 0 Å². The van der Waals surface area contributed by atoms with Crippen LogP contribution in [0.25, 0.3) is 22.5 Å². The lowest BCUT2D eigenvalue weighted by atomic mass is 10.1. The second kappa shape index (κ2) is 8.55. The Morgan fingerprint density at radius 3 is 2.66 bits per heavy atom. The SMILES string of the molecule is O=c1n(Cc2ccc(-c3nnc(C(F)F)o3)cn2)c2cc(Br)ccc2n1C1CCNCC1. The van der Waals surface area contributed by atoms with Crippen LogP contribution in [0.5, 0.6) is 0 Å². The van der Waals surface area contributed by atoms with Gasteiger partial charge in [0, 0.05) is 16.7 Å². The average molecular weight is 505 g/mol. The van der Waals surface area contributed by atoms with E-state index in [4.69, 9.17) is 4.42 Å². The van der Waals surface area contributed by atoms with E-state index in [2.05, 4.69) is 36.4 Å². The zero-order valence-electron chi connectivity index (χ0n) is 16.8. The fourth-order valence-corrected chi connectivity index (χ4v) is 4.42. The van der Waals surface area contributed by atoms with Crippen molar-refractivity contribution in [2.75, 3.05) is 13.1 Å². The lowest BCUT2D eigenvalue weighted by molar-refractivity contribution is 0.116. The first-order valence-electron chi connectivity index (χ1n) is 10.2. The molecule has 0 bridgehead atoms. The van der Waals surface area contributed by atoms with Crippen LogP contribution in [0, 0.1) is 0 Å². The summed E-state index contributed by atoms with van der Waals surface area (Å²) in [4.78, 5) is 17.8. The van der Waals surface area contributed by atoms with E-state index in [9.17, 15) is 13.6 Å². The molecule has 3 aromatic heterocycles. The molecule has 1 N–H and O–H groups in total. The highest BCUT2D eigenvalue weighted by molar-refractivity contribution is 9.10. The molecule has 11 heteroatoms. The molecule has 1 aliphatic heterocycles. The molecule has 8 nitrogen and oxygen atoms in total. The molecule has 0 aliphatic carbocycles. The Labute approximate surface area is 189 Å². The van der Waals surface area contributed by atoms with Gasteiger partial charge in [-0.15, -0.1) is 10.2 Å². The normalized spacial score (nSPS) is 15.1. The van der Waals surface area contributed by atoms with E-state index in [1.54, 1.807) is 16.7 Å². The van der Waals surface area contributed by atoms with Crippen molar-refractivity contribution in [1.29, 1.82) is 0 Å². The van der Waals surface area contributed by atoms with E-state index in [0.717, 1.165) is 41.4 Å². The number of rotatable bonds is 5. The fourth-order valence-electron chi connectivity index (χ4n) is 4.07. The second-order valence-corrected chi connectivity index (χ2v) is 8.55. The second-order valence-electron chi connectivity index (χ2n) is 7.64. The van der Waals surface area contributed by atoms with Crippen molar-refractivity contribution in [1.82, 2.24) is 29.6 Å². The third-order valence-electron chi connectivity index (χ3n) is 5.62. The van der Waals surface area contributed by atoms with Crippen LogP contribution in [-0.4, -0.2) is 37.4 Å². The van der Waals surface area contributed by atoms with Crippen LogP contribution in [0.3, 0.4) is 0 Å². The molecule has 0 atom stereocenters. The first kappa shape index (κ1) is 21.0. The standard InChI is InChI=1S/C21H19BrF2N6O2/c22-13-2-4-16-17(9-13)29(21(31)30(16)15-5-7-25-8-6-15)11-14-3-1-12(10-26-14)19-27-28-20(32-19)18(23)24/h1-4,9-10,15,18,25H,5-8,11H2. The molecular formula is C21H19BrF2N6O2. The maximum Gasteiger partial charge on any atom is 0.329 e. The molecule has 0 saturated carbocycles. The highest BCUT2D eigenvalue weighted by atomic mass is 79.9. The first-order chi connectivity index (χ1) is 15.5. The van der Waals surface area contributed by atoms with Gasteiger partial charge in [-0.1, -0.05) is 15.9 Å². The van der Waals surface area contributed by atoms with Crippen LogP contribution in [0.15, 0.2) is 50.2 Å². The van der Waals surface area contributed by atoms with Gasteiger partial charge in [-0.05, 0) is 56.3 Å². The van der Waals surface area contributed by atoms with Crippen molar-refractivity contribution in [3.05, 3.63) is 63.1 Å². The van der Waals surface area contributed by atoms with Crippen LogP contribution < -0.4 is 11.0 Å². The van der Waals surface area contributed by atoms with E-state index in [0.29, 0.717) is 11.3 Å². The molecule has 0 spiro atoms. The summed E-state index contributed by atoms with van der Waals surface area (Å²) in [5.41, 5.74) is 2.72. The quantitative estimate of drug-likeness (QED) is 0.442. The number of nitrogens with one attached hydrogen (secondary N) is 1. The predicted octanol–water partition coefficient (Wildman–Crippen LogP) is 3.92. The number of imidazole rings is 1. The lowest BCUT2D eigenvalue weighted by Gasteiger charge is -2.23. The van der Waals surface area contributed by atoms with Crippen molar-refractivity contribution in [2.24, 2.45) is 0 Å². The first-order valence-corrected chi connectivity index (χ1v) is 11.0. The fraction of sp³-hybridized carbons (Fsp3) is 0.333. The predicted molar refractivity (Wildman–Crippen MR) is 117 cm³/mol. The van der Waals surface area contributed by atoms with Crippen LogP contribution in [0.2, 0.25) is 0 Å². The summed E-state index contributed by atoms with van der Waals surface area (Å²) >= 11 is 3.50. The van der Waals surface area contributed by atoms with Gasteiger partial charge in [0.15, 0.2) is 0 Å². The van der Waals surface area contributed by atoms with Gasteiger partial charge < -0.3 is 9.73 Å². The average Bonchev–Trinajstić information content (AvgIpc) is 3.39. The van der Waals surface area contributed by atoms with Crippen LogP contribution in [0.1, 0.15) is 36.9 Å². The number of halogens is 3. The Hall–Kier alpha value is -2.92. The number of piperidine rings is 1. The minimum Gasteiger partial charge on any atom is -0.415 e. The van der Waals surface area contributed by atoms with Crippen LogP contribution >= 0.6 is 15.9 Å². The Kier molecular flexibility index (Phi) is 5.60. The number of hydrogen-bond acceptors (Lipinski definition) is 6. The summed E-state index contributed by atoms with van der Waals surface area (Å²) in [6, 6.07) is 9.37. The van der Waals surface area contributed by atoms with Gasteiger partial charge in [0.05, 0.1) is 28.8 Å². The molecule has 0 amide bonds. The molecule has 4 heterocycles. The maximum absolute atomic E-state index is 13.4. The molecule has 1 aliphatic rings. The number of aromatic nitrogens is 5. The zero-order chi connectivity index (χ0) is 22.2. The molecule has 0 unspecified atom stereocenters. The van der Waals surface area contributed by atoms with E-state index in [1.807, 2.05) is 22.8 Å². The molecule has 4 aromatic rings. The summed E-state index contributed by atoms with van der Waals surface area (Å²) in [6.07, 6.45) is 0.442. The van der Waals surface area contributed by atoms with Gasteiger partial charge >= 0.3 is 12.1 Å². The Balaban J connectivity index is 1.49. The summed E-state index contributed by atoms with van der Waals surface area (Å²) in [5, 5.41) is 10.3. The number of alkyl halides is 2. The van der Waals surface area contributed by atoms with Crippen molar-refractivity contribution < 1.29 is 13.2 Å². The molecule has 1 saturated heterocycles. The molecule has 0 radical (unpaired) electrons. The largest absolute Gasteiger partial charge is 0.415 e. The summed E-state index contributed by atoms with van der Waals surface area (Å²) in [5.74, 6) is -0.755. The van der Waals surface area contributed by atoms with Gasteiger partial charge in [-0.2, -0.15) is 8.78 Å². The van der Waals surface area contributed by atoms with E-state index in [1.165, 1.54) is 6.20 Å². The third-order valence-corrected chi connectivity index (χ3v) is 6.11. The number of fused-ring (bicyclic) bond motifs is 1. The zero-order valence-corrected chi connectivity index (χ0v) is 18.4. The maximum atomic E-state index is 13.4.